The van der Waals surface area contributed by atoms with Crippen LogP contribution in [0.2, 0.25) is 0 Å². The fourth-order valence-electron chi connectivity index (χ4n) is 4.10. The summed E-state index contributed by atoms with van der Waals surface area (Å²) in [6, 6.07) is 8.35. The van der Waals surface area contributed by atoms with Crippen LogP contribution >= 0.6 is 0 Å². The zero-order chi connectivity index (χ0) is 17.4. The Morgan fingerprint density at radius 3 is 2.75 bits per heavy atom. The van der Waals surface area contributed by atoms with Crippen LogP contribution in [0.15, 0.2) is 48.6 Å². The Labute approximate surface area is 146 Å². The molecule has 24 heavy (non-hydrogen) atoms. The van der Waals surface area contributed by atoms with Gasteiger partial charge in [0, 0.05) is 11.5 Å². The molecule has 0 radical (unpaired) electrons. The quantitative estimate of drug-likeness (QED) is 0.632. The molecule has 2 heteroatoms. The van der Waals surface area contributed by atoms with E-state index in [1.807, 2.05) is 12.1 Å². The Hall–Kier alpha value is -1.54. The molecule has 1 saturated heterocycles. The molecule has 0 amide bonds. The predicted octanol–water partition coefficient (Wildman–Crippen LogP) is 6.00. The van der Waals surface area contributed by atoms with Crippen molar-refractivity contribution in [1.29, 1.82) is 0 Å². The van der Waals surface area contributed by atoms with Gasteiger partial charge in [-0.25, -0.2) is 0 Å². The van der Waals surface area contributed by atoms with E-state index in [-0.39, 0.29) is 17.3 Å². The number of hydrogen-bond donors (Lipinski definition) is 0. The minimum Gasteiger partial charge on any atom is -0.487 e. The van der Waals surface area contributed by atoms with Crippen molar-refractivity contribution in [1.82, 2.24) is 0 Å². The van der Waals surface area contributed by atoms with Crippen molar-refractivity contribution in [2.24, 2.45) is 5.92 Å². The first-order valence-corrected chi connectivity index (χ1v) is 9.10. The lowest BCUT2D eigenvalue weighted by Crippen LogP contribution is -2.52. The number of fused-ring (bicyclic) bond motifs is 3. The summed E-state index contributed by atoms with van der Waals surface area (Å²) in [6.07, 6.45) is 8.52. The largest absolute Gasteiger partial charge is 0.487 e. The molecule has 0 spiro atoms. The molecular weight excluding hydrogens is 296 g/mol. The maximum absolute atomic E-state index is 6.56. The van der Waals surface area contributed by atoms with E-state index in [1.54, 1.807) is 0 Å². The van der Waals surface area contributed by atoms with Crippen molar-refractivity contribution >= 4 is 0 Å². The summed E-state index contributed by atoms with van der Waals surface area (Å²) >= 11 is 0. The van der Waals surface area contributed by atoms with E-state index in [0.29, 0.717) is 5.92 Å². The lowest BCUT2D eigenvalue weighted by Gasteiger charge is -2.52. The molecule has 0 aliphatic carbocycles. The highest BCUT2D eigenvalue weighted by molar-refractivity contribution is 5.39. The zero-order valence-corrected chi connectivity index (χ0v) is 15.5. The van der Waals surface area contributed by atoms with Gasteiger partial charge < -0.3 is 9.47 Å². The lowest BCUT2D eigenvalue weighted by atomic mass is 9.71. The van der Waals surface area contributed by atoms with E-state index < -0.39 is 0 Å². The van der Waals surface area contributed by atoms with Crippen LogP contribution in [0, 0.1) is 5.92 Å². The first kappa shape index (κ1) is 17.3. The summed E-state index contributed by atoms with van der Waals surface area (Å²) in [4.78, 5) is 0. The topological polar surface area (TPSA) is 18.5 Å². The van der Waals surface area contributed by atoms with Crippen LogP contribution in [0.4, 0.5) is 0 Å². The Bertz CT molecular complexity index is 643. The molecule has 0 unspecified atom stereocenters. The van der Waals surface area contributed by atoms with E-state index in [9.17, 15) is 0 Å². The van der Waals surface area contributed by atoms with E-state index in [1.165, 1.54) is 11.1 Å². The average molecular weight is 326 g/mol. The molecule has 4 atom stereocenters. The molecule has 0 saturated carbocycles. The summed E-state index contributed by atoms with van der Waals surface area (Å²) in [5, 5.41) is 0. The number of hydrogen-bond acceptors (Lipinski definition) is 2. The second kappa shape index (κ2) is 6.40. The van der Waals surface area contributed by atoms with Crippen molar-refractivity contribution in [3.05, 3.63) is 54.1 Å². The standard InChI is InChI=1S/C22H30O2/c1-6-21(4)15-13-18-20(24-21)17-11-7-8-12-19(17)23-22(18,5)14-9-10-16(2)3/h6-8,10-12,18,20H,1,9,13-15H2,2-5H3/t18-,20-,21-,22-/m1/s1. The Balaban J connectivity index is 1.94. The molecule has 0 aromatic heterocycles. The van der Waals surface area contributed by atoms with Crippen molar-refractivity contribution in [2.45, 2.75) is 70.7 Å². The molecule has 1 aromatic rings. The number of allylic oxidation sites excluding steroid dienone is 2. The molecule has 0 N–H and O–H groups in total. The molecule has 1 fully saturated rings. The van der Waals surface area contributed by atoms with Gasteiger partial charge in [0.05, 0.1) is 11.7 Å². The van der Waals surface area contributed by atoms with Gasteiger partial charge in [0.1, 0.15) is 11.4 Å². The molecular formula is C22H30O2. The molecule has 2 heterocycles. The highest BCUT2D eigenvalue weighted by Gasteiger charge is 2.51. The first-order chi connectivity index (χ1) is 11.4. The lowest BCUT2D eigenvalue weighted by molar-refractivity contribution is -0.178. The maximum atomic E-state index is 6.56. The monoisotopic (exact) mass is 326 g/mol. The van der Waals surface area contributed by atoms with Gasteiger partial charge in [-0.2, -0.15) is 0 Å². The minimum atomic E-state index is -0.244. The summed E-state index contributed by atoms with van der Waals surface area (Å²) in [5.41, 5.74) is 2.13. The van der Waals surface area contributed by atoms with Crippen molar-refractivity contribution < 1.29 is 9.47 Å². The number of rotatable bonds is 4. The molecule has 2 aliphatic rings. The summed E-state index contributed by atoms with van der Waals surface area (Å²) in [6.45, 7) is 12.7. The van der Waals surface area contributed by atoms with Gasteiger partial charge in [0.15, 0.2) is 0 Å². The van der Waals surface area contributed by atoms with Crippen molar-refractivity contribution in [2.75, 3.05) is 0 Å². The highest BCUT2D eigenvalue weighted by Crippen LogP contribution is 2.54. The SMILES string of the molecule is C=C[C@]1(C)CC[C@@H]2[C@H](O1)c1ccccc1O[C@]2(C)CCC=C(C)C. The van der Waals surface area contributed by atoms with E-state index in [0.717, 1.165) is 31.4 Å². The fraction of sp³-hybridized carbons (Fsp3) is 0.545. The van der Waals surface area contributed by atoms with E-state index in [4.69, 9.17) is 9.47 Å². The average Bonchev–Trinajstić information content (AvgIpc) is 2.54. The zero-order valence-electron chi connectivity index (χ0n) is 15.5. The van der Waals surface area contributed by atoms with Crippen LogP contribution in [0.25, 0.3) is 0 Å². The Morgan fingerprint density at radius 1 is 1.29 bits per heavy atom. The Morgan fingerprint density at radius 2 is 2.04 bits per heavy atom. The summed E-state index contributed by atoms with van der Waals surface area (Å²) < 4.78 is 13.1. The molecule has 1 aromatic carbocycles. The third-order valence-corrected chi connectivity index (χ3v) is 5.69. The molecule has 0 bridgehead atoms. The van der Waals surface area contributed by atoms with Gasteiger partial charge in [-0.15, -0.1) is 6.58 Å². The van der Waals surface area contributed by atoms with Gasteiger partial charge in [0.2, 0.25) is 0 Å². The van der Waals surface area contributed by atoms with Crippen LogP contribution in [0.1, 0.15) is 65.0 Å². The van der Waals surface area contributed by atoms with Crippen LogP contribution in [0.3, 0.4) is 0 Å². The van der Waals surface area contributed by atoms with Crippen LogP contribution in [0.5, 0.6) is 5.75 Å². The Kier molecular flexibility index (Phi) is 4.61. The molecule has 3 rings (SSSR count). The van der Waals surface area contributed by atoms with Gasteiger partial charge >= 0.3 is 0 Å². The third-order valence-electron chi connectivity index (χ3n) is 5.69. The first-order valence-electron chi connectivity index (χ1n) is 9.10. The van der Waals surface area contributed by atoms with Gasteiger partial charge in [-0.3, -0.25) is 0 Å². The predicted molar refractivity (Wildman–Crippen MR) is 99.3 cm³/mol. The maximum Gasteiger partial charge on any atom is 0.125 e. The molecule has 2 nitrogen and oxygen atoms in total. The highest BCUT2D eigenvalue weighted by atomic mass is 16.5. The minimum absolute atomic E-state index is 0.0865. The smallest absolute Gasteiger partial charge is 0.125 e. The van der Waals surface area contributed by atoms with Gasteiger partial charge in [-0.1, -0.05) is 35.9 Å². The van der Waals surface area contributed by atoms with E-state index in [2.05, 4.69) is 58.5 Å². The second-order valence-electron chi connectivity index (χ2n) is 7.97. The summed E-state index contributed by atoms with van der Waals surface area (Å²) in [5.74, 6) is 1.36. The van der Waals surface area contributed by atoms with Crippen molar-refractivity contribution in [3.63, 3.8) is 0 Å². The third kappa shape index (κ3) is 3.17. The van der Waals surface area contributed by atoms with Crippen molar-refractivity contribution in [3.8, 4) is 5.75 Å². The summed E-state index contributed by atoms with van der Waals surface area (Å²) in [7, 11) is 0. The fourth-order valence-corrected chi connectivity index (χ4v) is 4.10. The normalized spacial score (nSPS) is 34.5. The number of benzene rings is 1. The molecule has 130 valence electrons. The second-order valence-corrected chi connectivity index (χ2v) is 7.97. The van der Waals surface area contributed by atoms with E-state index >= 15 is 0 Å². The van der Waals surface area contributed by atoms with Crippen LogP contribution < -0.4 is 4.74 Å². The molecule has 2 aliphatic heterocycles. The van der Waals surface area contributed by atoms with Gasteiger partial charge in [-0.05, 0) is 59.4 Å². The van der Waals surface area contributed by atoms with Crippen LogP contribution in [-0.4, -0.2) is 11.2 Å². The number of para-hydroxylation sites is 1. The number of ether oxygens (including phenoxy) is 2. The van der Waals surface area contributed by atoms with Crippen LogP contribution in [-0.2, 0) is 4.74 Å². The van der Waals surface area contributed by atoms with Gasteiger partial charge in [0.25, 0.3) is 0 Å².